The first kappa shape index (κ1) is 14.4. The van der Waals surface area contributed by atoms with Gasteiger partial charge in [0.2, 0.25) is 0 Å². The number of nitrogens with one attached hydrogen (secondary N) is 1. The number of phenolic OH excluding ortho intramolecular Hbond substituents is 1. The molecule has 2 aromatic carbocycles. The fraction of sp³-hybridized carbons (Fsp3) is 0.188. The van der Waals surface area contributed by atoms with Crippen molar-refractivity contribution in [1.29, 1.82) is 0 Å². The SMILES string of the molecule is CC(C)c1ccc(C(=O)Nc2ccc(O)cc2Cl)cc1. The van der Waals surface area contributed by atoms with Crippen molar-refractivity contribution in [1.82, 2.24) is 0 Å². The van der Waals surface area contributed by atoms with Crippen LogP contribution in [0.4, 0.5) is 5.69 Å². The zero-order chi connectivity index (χ0) is 14.7. The van der Waals surface area contributed by atoms with Gasteiger partial charge in [0.15, 0.2) is 0 Å². The Morgan fingerprint density at radius 1 is 1.15 bits per heavy atom. The second-order valence-electron chi connectivity index (χ2n) is 4.89. The number of halogens is 1. The van der Waals surface area contributed by atoms with Crippen LogP contribution in [-0.2, 0) is 0 Å². The lowest BCUT2D eigenvalue weighted by atomic mass is 10.0. The van der Waals surface area contributed by atoms with E-state index in [1.165, 1.54) is 17.7 Å². The summed E-state index contributed by atoms with van der Waals surface area (Å²) in [5.74, 6) is 0.265. The third-order valence-corrected chi connectivity index (χ3v) is 3.35. The summed E-state index contributed by atoms with van der Waals surface area (Å²) in [7, 11) is 0. The van der Waals surface area contributed by atoms with Crippen molar-refractivity contribution in [3.8, 4) is 5.75 Å². The molecule has 0 aliphatic carbocycles. The molecule has 0 heterocycles. The number of benzene rings is 2. The third kappa shape index (κ3) is 3.31. The van der Waals surface area contributed by atoms with Crippen molar-refractivity contribution < 1.29 is 9.90 Å². The fourth-order valence-electron chi connectivity index (χ4n) is 1.82. The van der Waals surface area contributed by atoms with Gasteiger partial charge in [-0.2, -0.15) is 0 Å². The third-order valence-electron chi connectivity index (χ3n) is 3.04. The van der Waals surface area contributed by atoms with Crippen molar-refractivity contribution in [2.45, 2.75) is 19.8 Å². The first-order valence-electron chi connectivity index (χ1n) is 6.37. The summed E-state index contributed by atoms with van der Waals surface area (Å²) in [6.07, 6.45) is 0. The van der Waals surface area contributed by atoms with Crippen LogP contribution in [0.2, 0.25) is 5.02 Å². The zero-order valence-electron chi connectivity index (χ0n) is 11.4. The topological polar surface area (TPSA) is 49.3 Å². The van der Waals surface area contributed by atoms with E-state index in [2.05, 4.69) is 19.2 Å². The predicted molar refractivity (Wildman–Crippen MR) is 81.6 cm³/mol. The summed E-state index contributed by atoms with van der Waals surface area (Å²) in [6.45, 7) is 4.20. The van der Waals surface area contributed by atoms with Crippen LogP contribution in [0.25, 0.3) is 0 Å². The molecule has 20 heavy (non-hydrogen) atoms. The number of phenols is 1. The number of aromatic hydroxyl groups is 1. The molecule has 2 N–H and O–H groups in total. The molecule has 4 heteroatoms. The highest BCUT2D eigenvalue weighted by atomic mass is 35.5. The molecule has 0 fully saturated rings. The highest BCUT2D eigenvalue weighted by Crippen LogP contribution is 2.26. The van der Waals surface area contributed by atoms with Crippen molar-refractivity contribution in [3.63, 3.8) is 0 Å². The number of carbonyl (C=O) groups is 1. The van der Waals surface area contributed by atoms with E-state index in [9.17, 15) is 9.90 Å². The molecule has 0 bridgehead atoms. The molecule has 2 rings (SSSR count). The molecular formula is C16H16ClNO2. The van der Waals surface area contributed by atoms with Gasteiger partial charge in [0.1, 0.15) is 5.75 Å². The average molecular weight is 290 g/mol. The van der Waals surface area contributed by atoms with E-state index in [-0.39, 0.29) is 11.7 Å². The van der Waals surface area contributed by atoms with Crippen LogP contribution in [0.1, 0.15) is 35.7 Å². The van der Waals surface area contributed by atoms with E-state index >= 15 is 0 Å². The molecule has 0 saturated heterocycles. The Balaban J connectivity index is 2.15. The number of rotatable bonds is 3. The minimum atomic E-state index is -0.229. The second kappa shape index (κ2) is 5.97. The normalized spacial score (nSPS) is 10.6. The maximum atomic E-state index is 12.1. The molecule has 0 aliphatic heterocycles. The van der Waals surface area contributed by atoms with Crippen LogP contribution >= 0.6 is 11.6 Å². The van der Waals surface area contributed by atoms with Gasteiger partial charge in [-0.05, 0) is 35.7 Å². The first-order chi connectivity index (χ1) is 9.47. The Bertz CT molecular complexity index is 621. The van der Waals surface area contributed by atoms with E-state index in [1.807, 2.05) is 12.1 Å². The van der Waals surface area contributed by atoms with Crippen LogP contribution in [0, 0.1) is 0 Å². The lowest BCUT2D eigenvalue weighted by Crippen LogP contribution is -2.12. The molecule has 2 aromatic rings. The Hall–Kier alpha value is -2.00. The summed E-state index contributed by atoms with van der Waals surface area (Å²) >= 11 is 5.95. The average Bonchev–Trinajstić information content (AvgIpc) is 2.42. The van der Waals surface area contributed by atoms with Crippen molar-refractivity contribution >= 4 is 23.2 Å². The number of amides is 1. The van der Waals surface area contributed by atoms with Gasteiger partial charge in [0.25, 0.3) is 5.91 Å². The summed E-state index contributed by atoms with van der Waals surface area (Å²) in [4.78, 5) is 12.1. The lowest BCUT2D eigenvalue weighted by molar-refractivity contribution is 0.102. The van der Waals surface area contributed by atoms with Crippen LogP contribution in [0.3, 0.4) is 0 Å². The van der Waals surface area contributed by atoms with Crippen LogP contribution in [0.5, 0.6) is 5.75 Å². The zero-order valence-corrected chi connectivity index (χ0v) is 12.1. The monoisotopic (exact) mass is 289 g/mol. The lowest BCUT2D eigenvalue weighted by Gasteiger charge is -2.09. The van der Waals surface area contributed by atoms with Gasteiger partial charge in [-0.1, -0.05) is 37.6 Å². The summed E-state index contributed by atoms with van der Waals surface area (Å²) in [5, 5.41) is 12.3. The molecule has 3 nitrogen and oxygen atoms in total. The smallest absolute Gasteiger partial charge is 0.255 e. The summed E-state index contributed by atoms with van der Waals surface area (Å²) < 4.78 is 0. The molecular weight excluding hydrogens is 274 g/mol. The molecule has 0 spiro atoms. The maximum absolute atomic E-state index is 12.1. The molecule has 0 unspecified atom stereocenters. The summed E-state index contributed by atoms with van der Waals surface area (Å²) in [6, 6.07) is 11.9. The quantitative estimate of drug-likeness (QED) is 0.822. The Morgan fingerprint density at radius 2 is 1.80 bits per heavy atom. The molecule has 104 valence electrons. The van der Waals surface area contributed by atoms with E-state index in [0.29, 0.717) is 22.2 Å². The largest absolute Gasteiger partial charge is 0.508 e. The van der Waals surface area contributed by atoms with Crippen LogP contribution < -0.4 is 5.32 Å². The molecule has 0 radical (unpaired) electrons. The molecule has 0 saturated carbocycles. The van der Waals surface area contributed by atoms with Crippen molar-refractivity contribution in [3.05, 3.63) is 58.6 Å². The molecule has 1 amide bonds. The van der Waals surface area contributed by atoms with Gasteiger partial charge in [0.05, 0.1) is 10.7 Å². The molecule has 0 aliphatic rings. The minimum Gasteiger partial charge on any atom is -0.508 e. The fourth-order valence-corrected chi connectivity index (χ4v) is 2.04. The standard InChI is InChI=1S/C16H16ClNO2/c1-10(2)11-3-5-12(6-4-11)16(20)18-15-8-7-13(19)9-14(15)17/h3-10,19H,1-2H3,(H,18,20). The number of hydrogen-bond donors (Lipinski definition) is 2. The predicted octanol–water partition coefficient (Wildman–Crippen LogP) is 4.42. The van der Waals surface area contributed by atoms with Gasteiger partial charge in [-0.25, -0.2) is 0 Å². The second-order valence-corrected chi connectivity index (χ2v) is 5.30. The van der Waals surface area contributed by atoms with Gasteiger partial charge >= 0.3 is 0 Å². The Morgan fingerprint density at radius 3 is 2.35 bits per heavy atom. The Labute approximate surface area is 123 Å². The van der Waals surface area contributed by atoms with E-state index in [4.69, 9.17) is 11.6 Å². The maximum Gasteiger partial charge on any atom is 0.255 e. The van der Waals surface area contributed by atoms with Gasteiger partial charge in [-0.15, -0.1) is 0 Å². The molecule has 0 atom stereocenters. The van der Waals surface area contributed by atoms with E-state index in [1.54, 1.807) is 18.2 Å². The highest BCUT2D eigenvalue weighted by Gasteiger charge is 2.09. The summed E-state index contributed by atoms with van der Waals surface area (Å²) in [5.41, 5.74) is 2.23. The molecule has 0 aromatic heterocycles. The number of hydrogen-bond acceptors (Lipinski definition) is 2. The highest BCUT2D eigenvalue weighted by molar-refractivity contribution is 6.34. The van der Waals surface area contributed by atoms with Crippen molar-refractivity contribution in [2.24, 2.45) is 0 Å². The minimum absolute atomic E-state index is 0.0642. The van der Waals surface area contributed by atoms with Crippen molar-refractivity contribution in [2.75, 3.05) is 5.32 Å². The van der Waals surface area contributed by atoms with Crippen LogP contribution in [-0.4, -0.2) is 11.0 Å². The van der Waals surface area contributed by atoms with Gasteiger partial charge < -0.3 is 10.4 Å². The van der Waals surface area contributed by atoms with Gasteiger partial charge in [0, 0.05) is 11.6 Å². The van der Waals surface area contributed by atoms with Crippen LogP contribution in [0.15, 0.2) is 42.5 Å². The van der Waals surface area contributed by atoms with E-state index < -0.39 is 0 Å². The number of carbonyl (C=O) groups excluding carboxylic acids is 1. The van der Waals surface area contributed by atoms with E-state index in [0.717, 1.165) is 0 Å². The first-order valence-corrected chi connectivity index (χ1v) is 6.75. The Kier molecular flexibility index (Phi) is 4.30. The van der Waals surface area contributed by atoms with Gasteiger partial charge in [-0.3, -0.25) is 4.79 Å². The number of anilines is 1.